The first-order chi connectivity index (χ1) is 19.4. The number of hydrogen-bond donors (Lipinski definition) is 2. The molecular formula is C28H40N6O5S. The normalized spacial score (nSPS) is 27.1. The number of hydrogen-bond acceptors (Lipinski definition) is 12. The van der Waals surface area contributed by atoms with E-state index in [4.69, 9.17) is 34.6 Å². The molecule has 11 nitrogen and oxygen atoms in total. The van der Waals surface area contributed by atoms with Crippen LogP contribution in [-0.2, 0) is 20.8 Å². The molecule has 4 aliphatic heterocycles. The average Bonchev–Trinajstić information content (AvgIpc) is 3.51. The third-order valence-electron chi connectivity index (χ3n) is 8.94. The molecule has 0 aromatic carbocycles. The van der Waals surface area contributed by atoms with E-state index in [0.717, 1.165) is 78.5 Å². The molecule has 12 heteroatoms. The molecule has 2 aromatic heterocycles. The maximum atomic E-state index is 10.3. The SMILES string of the molecule is COCOC[C@H]1C[C@H]2COc3c(Sc4nc(CO)c(N5CCC6(CC5)CO[C@@H](C)[C@H]6N)nc4C)ccnc3N2C1. The second kappa shape index (κ2) is 11.6. The van der Waals surface area contributed by atoms with E-state index in [1.165, 1.54) is 11.8 Å². The van der Waals surface area contributed by atoms with Crippen molar-refractivity contribution >= 4 is 23.4 Å². The van der Waals surface area contributed by atoms with E-state index in [9.17, 15) is 5.11 Å². The van der Waals surface area contributed by atoms with Crippen molar-refractivity contribution in [3.05, 3.63) is 23.7 Å². The zero-order valence-electron chi connectivity index (χ0n) is 23.5. The Kier molecular flexibility index (Phi) is 8.08. The highest BCUT2D eigenvalue weighted by Crippen LogP contribution is 2.46. The molecule has 1 spiro atoms. The Morgan fingerprint density at radius 3 is 2.80 bits per heavy atom. The molecule has 0 bridgehead atoms. The van der Waals surface area contributed by atoms with Crippen LogP contribution >= 0.6 is 11.8 Å². The number of aliphatic hydroxyl groups excluding tert-OH is 1. The summed E-state index contributed by atoms with van der Waals surface area (Å²) < 4.78 is 22.8. The van der Waals surface area contributed by atoms with E-state index < -0.39 is 0 Å². The molecule has 3 N–H and O–H groups in total. The number of rotatable bonds is 8. The van der Waals surface area contributed by atoms with Gasteiger partial charge in [-0.25, -0.2) is 15.0 Å². The van der Waals surface area contributed by atoms with Gasteiger partial charge in [0.25, 0.3) is 0 Å². The van der Waals surface area contributed by atoms with Gasteiger partial charge < -0.3 is 39.6 Å². The largest absolute Gasteiger partial charge is 0.486 e. The zero-order valence-corrected chi connectivity index (χ0v) is 24.4. The van der Waals surface area contributed by atoms with Crippen molar-refractivity contribution in [1.29, 1.82) is 0 Å². The Morgan fingerprint density at radius 2 is 2.08 bits per heavy atom. The molecule has 0 saturated carbocycles. The van der Waals surface area contributed by atoms with Crippen LogP contribution in [0.1, 0.15) is 37.6 Å². The maximum absolute atomic E-state index is 10.3. The van der Waals surface area contributed by atoms with E-state index in [0.29, 0.717) is 31.6 Å². The van der Waals surface area contributed by atoms with E-state index in [1.54, 1.807) is 7.11 Å². The standard InChI is InChI=1S/C28H40N6O5S/c1-17-27(32-21(12-35)25(31-17)33-8-5-28(6-9-33)15-39-18(2)24(28)29)40-22-4-7-30-26-23(22)38-14-20-10-19(11-34(20)26)13-37-16-36-3/h4,7,18-20,24,35H,5-6,8-16,29H2,1-3H3/t18-,19-,20-,24+/m0/s1. The summed E-state index contributed by atoms with van der Waals surface area (Å²) in [5.41, 5.74) is 7.95. The highest BCUT2D eigenvalue weighted by Gasteiger charge is 2.48. The molecule has 6 heterocycles. The molecule has 0 aliphatic carbocycles. The van der Waals surface area contributed by atoms with Crippen LogP contribution in [0.4, 0.5) is 11.6 Å². The quantitative estimate of drug-likeness (QED) is 0.356. The number of pyridine rings is 1. The molecule has 4 aliphatic rings. The summed E-state index contributed by atoms with van der Waals surface area (Å²) in [6.45, 7) is 8.67. The minimum absolute atomic E-state index is 0.0271. The van der Waals surface area contributed by atoms with Gasteiger partial charge in [0.2, 0.25) is 0 Å². The van der Waals surface area contributed by atoms with Gasteiger partial charge in [0, 0.05) is 50.3 Å². The molecule has 40 heavy (non-hydrogen) atoms. The van der Waals surface area contributed by atoms with Gasteiger partial charge >= 0.3 is 0 Å². The number of aryl methyl sites for hydroxylation is 1. The molecule has 0 unspecified atom stereocenters. The molecule has 0 radical (unpaired) electrons. The highest BCUT2D eigenvalue weighted by molar-refractivity contribution is 7.99. The number of fused-ring (bicyclic) bond motifs is 3. The number of aromatic nitrogens is 3. The highest BCUT2D eigenvalue weighted by atomic mass is 32.2. The van der Waals surface area contributed by atoms with Gasteiger partial charge in [-0.15, -0.1) is 0 Å². The summed E-state index contributed by atoms with van der Waals surface area (Å²) in [5, 5.41) is 11.0. The number of piperidine rings is 1. The number of ether oxygens (including phenoxy) is 4. The van der Waals surface area contributed by atoms with Crippen LogP contribution in [0.2, 0.25) is 0 Å². The number of nitrogens with zero attached hydrogens (tertiary/aromatic N) is 5. The smallest absolute Gasteiger partial charge is 0.175 e. The minimum atomic E-state index is -0.176. The second-order valence-corrected chi connectivity index (χ2v) is 12.5. The first-order valence-corrected chi connectivity index (χ1v) is 15.0. The Labute approximate surface area is 239 Å². The van der Waals surface area contributed by atoms with Crippen molar-refractivity contribution in [2.24, 2.45) is 17.1 Å². The van der Waals surface area contributed by atoms with Crippen LogP contribution in [0.3, 0.4) is 0 Å². The van der Waals surface area contributed by atoms with Crippen molar-refractivity contribution in [1.82, 2.24) is 15.0 Å². The lowest BCUT2D eigenvalue weighted by molar-refractivity contribution is -0.0414. The van der Waals surface area contributed by atoms with Crippen LogP contribution < -0.4 is 20.3 Å². The summed E-state index contributed by atoms with van der Waals surface area (Å²) in [6, 6.07) is 2.30. The van der Waals surface area contributed by atoms with Crippen molar-refractivity contribution in [3.8, 4) is 5.75 Å². The molecule has 218 valence electrons. The van der Waals surface area contributed by atoms with Crippen LogP contribution in [-0.4, -0.2) is 91.6 Å². The number of nitrogens with two attached hydrogens (primary N) is 1. The Morgan fingerprint density at radius 1 is 1.25 bits per heavy atom. The van der Waals surface area contributed by atoms with E-state index in [1.807, 2.05) is 19.2 Å². The monoisotopic (exact) mass is 572 g/mol. The molecule has 6 rings (SSSR count). The number of methoxy groups -OCH3 is 1. The summed E-state index contributed by atoms with van der Waals surface area (Å²) in [6.07, 6.45) is 4.81. The predicted octanol–water partition coefficient (Wildman–Crippen LogP) is 2.36. The van der Waals surface area contributed by atoms with Gasteiger partial charge in [0.1, 0.15) is 24.1 Å². The van der Waals surface area contributed by atoms with Crippen LogP contribution in [0, 0.1) is 18.3 Å². The first kappa shape index (κ1) is 27.9. The molecule has 0 amide bonds. The summed E-state index contributed by atoms with van der Waals surface area (Å²) in [7, 11) is 1.64. The van der Waals surface area contributed by atoms with Gasteiger partial charge in [-0.2, -0.15) is 0 Å². The maximum Gasteiger partial charge on any atom is 0.175 e. The summed E-state index contributed by atoms with van der Waals surface area (Å²) in [4.78, 5) is 20.1. The second-order valence-electron chi connectivity index (χ2n) is 11.5. The van der Waals surface area contributed by atoms with Gasteiger partial charge in [0.15, 0.2) is 17.4 Å². The fourth-order valence-electron chi connectivity index (χ4n) is 6.59. The zero-order chi connectivity index (χ0) is 27.9. The fourth-order valence-corrected chi connectivity index (χ4v) is 7.52. The number of anilines is 2. The average molecular weight is 573 g/mol. The van der Waals surface area contributed by atoms with Crippen molar-refractivity contribution in [2.75, 3.05) is 63.2 Å². The van der Waals surface area contributed by atoms with Gasteiger partial charge in [-0.05, 0) is 39.2 Å². The Hall–Kier alpha value is -2.22. The minimum Gasteiger partial charge on any atom is -0.486 e. The first-order valence-electron chi connectivity index (χ1n) is 14.2. The Balaban J connectivity index is 1.18. The molecule has 3 fully saturated rings. The summed E-state index contributed by atoms with van der Waals surface area (Å²) >= 11 is 1.51. The lowest BCUT2D eigenvalue weighted by Gasteiger charge is -2.42. The fraction of sp³-hybridized carbons (Fsp3) is 0.679. The lowest BCUT2D eigenvalue weighted by atomic mass is 9.73. The molecule has 4 atom stereocenters. The van der Waals surface area contributed by atoms with Crippen molar-refractivity contribution < 1.29 is 24.1 Å². The third kappa shape index (κ3) is 5.14. The van der Waals surface area contributed by atoms with Crippen molar-refractivity contribution in [2.45, 2.75) is 67.8 Å². The van der Waals surface area contributed by atoms with E-state index >= 15 is 0 Å². The Bertz CT molecular complexity index is 1210. The number of aliphatic hydroxyl groups is 1. The van der Waals surface area contributed by atoms with Gasteiger partial charge in [0.05, 0.1) is 42.6 Å². The van der Waals surface area contributed by atoms with Gasteiger partial charge in [-0.1, -0.05) is 11.8 Å². The third-order valence-corrected chi connectivity index (χ3v) is 10.1. The van der Waals surface area contributed by atoms with Crippen molar-refractivity contribution in [3.63, 3.8) is 0 Å². The van der Waals surface area contributed by atoms with Gasteiger partial charge in [-0.3, -0.25) is 0 Å². The van der Waals surface area contributed by atoms with Crippen LogP contribution in [0.5, 0.6) is 5.75 Å². The topological polar surface area (TPSA) is 128 Å². The van der Waals surface area contributed by atoms with Crippen LogP contribution in [0.25, 0.3) is 0 Å². The van der Waals surface area contributed by atoms with E-state index in [-0.39, 0.29) is 30.2 Å². The lowest BCUT2D eigenvalue weighted by Crippen LogP contribution is -2.51. The van der Waals surface area contributed by atoms with Crippen LogP contribution in [0.15, 0.2) is 22.2 Å². The molecule has 3 saturated heterocycles. The summed E-state index contributed by atoms with van der Waals surface area (Å²) in [5.74, 6) is 2.81. The molecular weight excluding hydrogens is 532 g/mol. The molecule has 2 aromatic rings. The van der Waals surface area contributed by atoms with E-state index in [2.05, 4.69) is 21.7 Å². The predicted molar refractivity (Wildman–Crippen MR) is 151 cm³/mol.